The zero-order valence-corrected chi connectivity index (χ0v) is 2.15. The van der Waals surface area contributed by atoms with Crippen molar-refractivity contribution in [3.63, 3.8) is 0 Å². The van der Waals surface area contributed by atoms with Crippen molar-refractivity contribution in [2.75, 3.05) is 0 Å². The number of hydrogen-bond donors (Lipinski definition) is 0. The first-order valence-electron chi connectivity index (χ1n) is 0.333. The van der Waals surface area contributed by atoms with Gasteiger partial charge >= 0.3 is 0 Å². The van der Waals surface area contributed by atoms with Crippen molar-refractivity contribution in [3.05, 3.63) is 0 Å². The molecule has 0 bridgehead atoms. The predicted molar refractivity (Wildman–Crippen MR) is 17.1 cm³/mol. The fourth-order valence-electron chi connectivity index (χ4n) is 0. The second-order valence-electron chi connectivity index (χ2n) is 0. The maximum Gasteiger partial charge on any atom is -0.124 e. The molecular weight excluding hydrogens is 56.0 g/mol. The lowest BCUT2D eigenvalue weighted by Gasteiger charge is -0.701. The molecule has 0 aromatic heterocycles. The van der Waals surface area contributed by atoms with Crippen molar-refractivity contribution < 1.29 is 11.0 Å². The van der Waals surface area contributed by atoms with Crippen LogP contribution in [0.5, 0.6) is 0 Å². The van der Waals surface area contributed by atoms with Crippen LogP contribution in [0.1, 0.15) is 0 Å². The fourth-order valence-corrected chi connectivity index (χ4v) is 0. The van der Waals surface area contributed by atoms with Gasteiger partial charge in [-0.25, -0.2) is 0 Å². The Labute approximate surface area is 25.1 Å². The summed E-state index contributed by atoms with van der Waals surface area (Å²) in [6, 6.07) is 0. The number of rotatable bonds is 0. The normalized spacial score (nSPS) is 0.500. The molecular formula is C2H6O2. The molecule has 26 valence electrons. The quantitative estimate of drug-likeness (QED) is 0.310. The summed E-state index contributed by atoms with van der Waals surface area (Å²) in [4.78, 5) is 0. The Morgan fingerprint density at radius 1 is 0.750 bits per heavy atom. The lowest BCUT2D eigenvalue weighted by atomic mass is 11.4. The van der Waals surface area contributed by atoms with Crippen LogP contribution in [-0.2, 0) is 0 Å². The van der Waals surface area contributed by atoms with Gasteiger partial charge in [0.15, 0.2) is 0 Å². The number of hydrogen-bond acceptors (Lipinski definition) is 0. The lowest BCUT2D eigenvalue weighted by Crippen LogP contribution is -0.576. The first-order valence-corrected chi connectivity index (χ1v) is 0.333. The van der Waals surface area contributed by atoms with Crippen molar-refractivity contribution in [2.45, 2.75) is 0 Å². The zero-order valence-electron chi connectivity index (χ0n) is 2.15. The Bertz CT molecular complexity index is 8.75. The third-order valence-electron chi connectivity index (χ3n) is 0. The van der Waals surface area contributed by atoms with Gasteiger partial charge in [-0.2, -0.15) is 0 Å². The van der Waals surface area contributed by atoms with Crippen LogP contribution in [0.4, 0.5) is 0 Å². The third kappa shape index (κ3) is 1.26. The standard InChI is InChI=1S/C2H2.2H2O/c1-2;;/h1-2H;2*1H2. The van der Waals surface area contributed by atoms with Crippen LogP contribution in [0.25, 0.3) is 0 Å². The van der Waals surface area contributed by atoms with E-state index in [4.69, 9.17) is 0 Å². The van der Waals surface area contributed by atoms with Crippen molar-refractivity contribution in [3.8, 4) is 12.8 Å². The highest BCUT2D eigenvalue weighted by Crippen LogP contribution is 0.579. The van der Waals surface area contributed by atoms with Gasteiger partial charge in [0.25, 0.3) is 0 Å². The Kier molecular flexibility index (Phi) is 467. The van der Waals surface area contributed by atoms with Gasteiger partial charge in [-0.15, -0.1) is 12.8 Å². The molecule has 0 unspecified atom stereocenters. The van der Waals surface area contributed by atoms with E-state index in [1.807, 2.05) is 0 Å². The predicted octanol–water partition coefficient (Wildman–Crippen LogP) is -1.40. The van der Waals surface area contributed by atoms with Crippen LogP contribution in [-0.4, -0.2) is 11.0 Å². The Morgan fingerprint density at radius 3 is 0.750 bits per heavy atom. The summed E-state index contributed by atoms with van der Waals surface area (Å²) in [6.45, 7) is 0. The van der Waals surface area contributed by atoms with Gasteiger partial charge in [0, 0.05) is 0 Å². The molecule has 0 spiro atoms. The number of terminal acetylenes is 1. The van der Waals surface area contributed by atoms with Crippen molar-refractivity contribution in [1.82, 2.24) is 0 Å². The van der Waals surface area contributed by atoms with E-state index in [1.54, 1.807) is 0 Å². The molecule has 2 heteroatoms. The minimum absolute atomic E-state index is 0. The van der Waals surface area contributed by atoms with Crippen LogP contribution >= 0.6 is 0 Å². The minimum Gasteiger partial charge on any atom is -0.412 e. The molecule has 0 heterocycles. The van der Waals surface area contributed by atoms with Gasteiger partial charge in [-0.1, -0.05) is 0 Å². The highest BCUT2D eigenvalue weighted by molar-refractivity contribution is 4.47. The molecule has 0 aliphatic heterocycles. The van der Waals surface area contributed by atoms with E-state index >= 15 is 0 Å². The summed E-state index contributed by atoms with van der Waals surface area (Å²) in [7, 11) is 0. The van der Waals surface area contributed by atoms with E-state index in [0.29, 0.717) is 0 Å². The highest BCUT2D eigenvalue weighted by atomic mass is 16.0. The van der Waals surface area contributed by atoms with E-state index in [9.17, 15) is 0 Å². The van der Waals surface area contributed by atoms with Gasteiger partial charge < -0.3 is 11.0 Å². The van der Waals surface area contributed by atoms with E-state index < -0.39 is 0 Å². The lowest BCUT2D eigenvalue weighted by molar-refractivity contribution is 0.823. The Hall–Kier alpha value is -0.520. The molecule has 0 fully saturated rings. The monoisotopic (exact) mass is 62.0 g/mol. The Morgan fingerprint density at radius 2 is 0.750 bits per heavy atom. The average molecular weight is 62.1 g/mol. The Balaban J connectivity index is -0.00000000500. The highest BCUT2D eigenvalue weighted by Gasteiger charge is 0.454. The van der Waals surface area contributed by atoms with Gasteiger partial charge in [-0.05, 0) is 0 Å². The van der Waals surface area contributed by atoms with Gasteiger partial charge in [-0.3, -0.25) is 0 Å². The first kappa shape index (κ1) is 92.9. The summed E-state index contributed by atoms with van der Waals surface area (Å²) < 4.78 is 0. The molecule has 0 atom stereocenters. The van der Waals surface area contributed by atoms with Crippen LogP contribution in [0.3, 0.4) is 0 Å². The van der Waals surface area contributed by atoms with Crippen LogP contribution in [0.15, 0.2) is 0 Å². The SMILES string of the molecule is C#C.O.O. The molecule has 4 heavy (non-hydrogen) atoms. The summed E-state index contributed by atoms with van der Waals surface area (Å²) >= 11 is 0. The van der Waals surface area contributed by atoms with Gasteiger partial charge in [0.1, 0.15) is 0 Å². The second kappa shape index (κ2) is 20.1. The second-order valence-corrected chi connectivity index (χ2v) is 0. The van der Waals surface area contributed by atoms with E-state index in [1.165, 1.54) is 0 Å². The van der Waals surface area contributed by atoms with Crippen molar-refractivity contribution >= 4 is 0 Å². The average Bonchev–Trinajstić information content (AvgIpc) is 1.00. The largest absolute Gasteiger partial charge is 0.412 e. The molecule has 0 amide bonds. The van der Waals surface area contributed by atoms with Crippen molar-refractivity contribution in [1.29, 1.82) is 0 Å². The third-order valence-corrected chi connectivity index (χ3v) is 0. The fraction of sp³-hybridized carbons (Fsp3) is 0. The molecule has 0 aliphatic rings. The summed E-state index contributed by atoms with van der Waals surface area (Å²) in [5.74, 6) is 0. The molecule has 0 radical (unpaired) electrons. The molecule has 4 N–H and O–H groups in total. The van der Waals surface area contributed by atoms with E-state index in [2.05, 4.69) is 12.8 Å². The smallest absolute Gasteiger partial charge is 0.124 e. The molecule has 0 aromatic carbocycles. The summed E-state index contributed by atoms with van der Waals surface area (Å²) in [5, 5.41) is 0. The van der Waals surface area contributed by atoms with E-state index in [0.717, 1.165) is 0 Å². The van der Waals surface area contributed by atoms with Crippen LogP contribution in [0, 0.1) is 12.8 Å². The molecule has 0 aliphatic carbocycles. The zero-order chi connectivity index (χ0) is 2.00. The maximum absolute atomic E-state index is 4.00. The van der Waals surface area contributed by atoms with Gasteiger partial charge in [0.05, 0.1) is 0 Å². The van der Waals surface area contributed by atoms with Crippen molar-refractivity contribution in [2.24, 2.45) is 0 Å². The van der Waals surface area contributed by atoms with Crippen LogP contribution < -0.4 is 0 Å². The summed E-state index contributed by atoms with van der Waals surface area (Å²) in [5.41, 5.74) is 0. The molecule has 0 aromatic rings. The van der Waals surface area contributed by atoms with E-state index in [-0.39, 0.29) is 11.0 Å². The molecule has 2 nitrogen and oxygen atoms in total. The molecule has 0 saturated heterocycles. The van der Waals surface area contributed by atoms with Crippen LogP contribution in [0.2, 0.25) is 0 Å². The minimum atomic E-state index is 0. The first-order chi connectivity index (χ1) is 1.00. The van der Waals surface area contributed by atoms with Gasteiger partial charge in [0.2, 0.25) is 0 Å². The summed E-state index contributed by atoms with van der Waals surface area (Å²) in [6.07, 6.45) is 8.00. The maximum atomic E-state index is 4.00. The topological polar surface area (TPSA) is 63.0 Å². The molecule has 0 saturated carbocycles. The molecule has 0 rings (SSSR count).